The molecule has 2 aromatic carbocycles. The smallest absolute Gasteiger partial charge is 0.247 e. The van der Waals surface area contributed by atoms with Crippen molar-refractivity contribution in [3.63, 3.8) is 0 Å². The Kier molecular flexibility index (Phi) is 12.1. The van der Waals surface area contributed by atoms with Gasteiger partial charge < -0.3 is 26.2 Å². The van der Waals surface area contributed by atoms with E-state index in [1.54, 1.807) is 0 Å². The number of halogens is 3. The van der Waals surface area contributed by atoms with Gasteiger partial charge >= 0.3 is 0 Å². The van der Waals surface area contributed by atoms with Crippen LogP contribution in [0.2, 0.25) is 10.0 Å². The number of rotatable bonds is 10. The van der Waals surface area contributed by atoms with Crippen molar-refractivity contribution in [1.82, 2.24) is 15.1 Å². The second-order valence-electron chi connectivity index (χ2n) is 13.4. The highest BCUT2D eigenvalue weighted by Gasteiger charge is 2.37. The molecule has 0 saturated carbocycles. The fourth-order valence-electron chi connectivity index (χ4n) is 6.31. The summed E-state index contributed by atoms with van der Waals surface area (Å²) >= 11 is 11.8. The molecule has 0 spiro atoms. The Morgan fingerprint density at radius 2 is 1.67 bits per heavy atom. The highest BCUT2D eigenvalue weighted by atomic mass is 35.5. The van der Waals surface area contributed by atoms with Gasteiger partial charge in [-0.05, 0) is 67.3 Å². The second-order valence-corrected chi connectivity index (χ2v) is 14.1. The number of hydrogen-bond acceptors (Lipinski definition) is 5. The van der Waals surface area contributed by atoms with Crippen LogP contribution in [0.3, 0.4) is 0 Å². The third-order valence-electron chi connectivity index (χ3n) is 8.60. The first kappa shape index (κ1) is 35.6. The standard InChI is InChI=1S/C34H44Cl2FN5O4/c1-34(2,3)19-23-10-6-7-17-41(23)28(43)13-14-29(44)42-20-22-9-5-4-8-21(22)18-27(42)33(46)40-26(15-16-38)32(45)39-25-12-11-24(35)30(36)31(25)37/h4-5,8-9,11-12,23,26-27H,6-7,10,13-20,38H2,1-3H3,(H,39,45)(H,40,46)/t23?,26-,27-/m0/s1. The molecule has 3 atom stereocenters. The Balaban J connectivity index is 1.47. The van der Waals surface area contributed by atoms with Crippen LogP contribution in [0.1, 0.15) is 76.8 Å². The molecule has 0 aromatic heterocycles. The Hall–Kier alpha value is -3.21. The average Bonchev–Trinajstić information content (AvgIpc) is 3.02. The third-order valence-corrected chi connectivity index (χ3v) is 9.38. The molecule has 4 rings (SSSR count). The molecule has 2 aromatic rings. The minimum Gasteiger partial charge on any atom is -0.342 e. The van der Waals surface area contributed by atoms with Gasteiger partial charge in [0.15, 0.2) is 5.82 Å². The van der Waals surface area contributed by atoms with Crippen molar-refractivity contribution in [3.8, 4) is 0 Å². The summed E-state index contributed by atoms with van der Waals surface area (Å²) in [6.07, 6.45) is 4.20. The summed E-state index contributed by atoms with van der Waals surface area (Å²) in [5.74, 6) is -2.49. The molecule has 2 aliphatic heterocycles. The number of likely N-dealkylation sites (tertiary alicyclic amines) is 1. The van der Waals surface area contributed by atoms with E-state index in [1.807, 2.05) is 29.2 Å². The first-order valence-electron chi connectivity index (χ1n) is 15.9. The molecule has 0 aliphatic carbocycles. The van der Waals surface area contributed by atoms with Crippen LogP contribution in [0.15, 0.2) is 36.4 Å². The molecule has 1 unspecified atom stereocenters. The van der Waals surface area contributed by atoms with Crippen molar-refractivity contribution in [1.29, 1.82) is 0 Å². The molecule has 1 fully saturated rings. The van der Waals surface area contributed by atoms with Gasteiger partial charge in [-0.15, -0.1) is 0 Å². The molecular formula is C34H44Cl2FN5O4. The number of carbonyl (C=O) groups excluding carboxylic acids is 4. The van der Waals surface area contributed by atoms with Crippen LogP contribution in [-0.2, 0) is 32.1 Å². The lowest BCUT2D eigenvalue weighted by Gasteiger charge is -2.39. The summed E-state index contributed by atoms with van der Waals surface area (Å²) in [4.78, 5) is 57.5. The van der Waals surface area contributed by atoms with Gasteiger partial charge in [-0.1, -0.05) is 68.2 Å². The van der Waals surface area contributed by atoms with Gasteiger partial charge in [-0.3, -0.25) is 19.2 Å². The molecule has 2 aliphatic rings. The zero-order chi connectivity index (χ0) is 33.6. The summed E-state index contributed by atoms with van der Waals surface area (Å²) in [5, 5.41) is 4.84. The quantitative estimate of drug-likeness (QED) is 0.289. The van der Waals surface area contributed by atoms with Crippen LogP contribution >= 0.6 is 23.2 Å². The maximum absolute atomic E-state index is 14.6. The number of carbonyl (C=O) groups is 4. The highest BCUT2D eigenvalue weighted by molar-refractivity contribution is 6.42. The van der Waals surface area contributed by atoms with Crippen LogP contribution < -0.4 is 16.4 Å². The topological polar surface area (TPSA) is 125 Å². The Bertz CT molecular complexity index is 1450. The molecule has 46 heavy (non-hydrogen) atoms. The summed E-state index contributed by atoms with van der Waals surface area (Å²) < 4.78 is 14.6. The maximum Gasteiger partial charge on any atom is 0.247 e. The Labute approximate surface area is 280 Å². The van der Waals surface area contributed by atoms with Crippen LogP contribution in [-0.4, -0.2) is 64.6 Å². The molecule has 4 amide bonds. The summed E-state index contributed by atoms with van der Waals surface area (Å²) in [7, 11) is 0. The number of benzene rings is 2. The first-order chi connectivity index (χ1) is 21.8. The van der Waals surface area contributed by atoms with E-state index in [4.69, 9.17) is 28.9 Å². The predicted octanol–water partition coefficient (Wildman–Crippen LogP) is 5.46. The first-order valence-corrected chi connectivity index (χ1v) is 16.6. The monoisotopic (exact) mass is 675 g/mol. The van der Waals surface area contributed by atoms with Crippen LogP contribution in [0.4, 0.5) is 10.1 Å². The zero-order valence-electron chi connectivity index (χ0n) is 26.7. The van der Waals surface area contributed by atoms with E-state index in [9.17, 15) is 23.6 Å². The van der Waals surface area contributed by atoms with E-state index >= 15 is 0 Å². The van der Waals surface area contributed by atoms with Gasteiger partial charge in [-0.25, -0.2) is 4.39 Å². The Morgan fingerprint density at radius 1 is 1.00 bits per heavy atom. The van der Waals surface area contributed by atoms with Crippen LogP contribution in [0.5, 0.6) is 0 Å². The van der Waals surface area contributed by atoms with Gasteiger partial charge in [0.05, 0.1) is 15.7 Å². The fourth-order valence-corrected chi connectivity index (χ4v) is 6.62. The van der Waals surface area contributed by atoms with Gasteiger partial charge in [0.25, 0.3) is 0 Å². The lowest BCUT2D eigenvalue weighted by Crippen LogP contribution is -2.56. The number of hydrogen-bond donors (Lipinski definition) is 3. The van der Waals surface area contributed by atoms with Crippen molar-refractivity contribution < 1.29 is 23.6 Å². The van der Waals surface area contributed by atoms with Gasteiger partial charge in [0.2, 0.25) is 23.6 Å². The van der Waals surface area contributed by atoms with E-state index < -0.39 is 29.7 Å². The van der Waals surface area contributed by atoms with E-state index in [-0.39, 0.29) is 77.8 Å². The Morgan fingerprint density at radius 3 is 2.35 bits per heavy atom. The number of amides is 4. The second kappa shape index (κ2) is 15.6. The summed E-state index contributed by atoms with van der Waals surface area (Å²) in [6.45, 7) is 7.45. The van der Waals surface area contributed by atoms with Crippen molar-refractivity contribution in [2.24, 2.45) is 11.1 Å². The van der Waals surface area contributed by atoms with Crippen molar-refractivity contribution in [3.05, 3.63) is 63.4 Å². The fraction of sp³-hybridized carbons (Fsp3) is 0.529. The summed E-state index contributed by atoms with van der Waals surface area (Å²) in [6, 6.07) is 8.31. The number of anilines is 1. The lowest BCUT2D eigenvalue weighted by atomic mass is 9.84. The highest BCUT2D eigenvalue weighted by Crippen LogP contribution is 2.31. The normalized spacial score (nSPS) is 18.8. The molecule has 1 saturated heterocycles. The molecule has 250 valence electrons. The lowest BCUT2D eigenvalue weighted by molar-refractivity contribution is -0.144. The van der Waals surface area contributed by atoms with Crippen molar-refractivity contribution in [2.75, 3.05) is 18.4 Å². The van der Waals surface area contributed by atoms with E-state index in [0.29, 0.717) is 6.54 Å². The molecule has 0 bridgehead atoms. The predicted molar refractivity (Wildman–Crippen MR) is 178 cm³/mol. The summed E-state index contributed by atoms with van der Waals surface area (Å²) in [5.41, 5.74) is 7.47. The largest absolute Gasteiger partial charge is 0.342 e. The number of nitrogens with zero attached hydrogens (tertiary/aromatic N) is 2. The van der Waals surface area contributed by atoms with Gasteiger partial charge in [0.1, 0.15) is 12.1 Å². The number of nitrogens with one attached hydrogen (secondary N) is 2. The SMILES string of the molecule is CC(C)(C)CC1CCCCN1C(=O)CCC(=O)N1Cc2ccccc2C[C@H]1C(=O)N[C@@H](CCN)C(=O)Nc1ccc(Cl)c(Cl)c1F. The zero-order valence-corrected chi connectivity index (χ0v) is 28.2. The van der Waals surface area contributed by atoms with E-state index in [2.05, 4.69) is 31.4 Å². The minimum atomic E-state index is -1.11. The maximum atomic E-state index is 14.6. The number of nitrogens with two attached hydrogens (primary N) is 1. The van der Waals surface area contributed by atoms with E-state index in [1.165, 1.54) is 17.0 Å². The average molecular weight is 677 g/mol. The van der Waals surface area contributed by atoms with Crippen LogP contribution in [0.25, 0.3) is 0 Å². The minimum absolute atomic E-state index is 0.00586. The molecule has 0 radical (unpaired) electrons. The molecule has 12 heteroatoms. The van der Waals surface area contributed by atoms with Crippen molar-refractivity contribution in [2.45, 2.75) is 96.8 Å². The van der Waals surface area contributed by atoms with Crippen molar-refractivity contribution >= 4 is 52.5 Å². The number of fused-ring (bicyclic) bond motifs is 1. The van der Waals surface area contributed by atoms with E-state index in [0.717, 1.165) is 36.8 Å². The molecule has 2 heterocycles. The molecule has 9 nitrogen and oxygen atoms in total. The van der Waals surface area contributed by atoms with Gasteiger partial charge in [0, 0.05) is 38.4 Å². The van der Waals surface area contributed by atoms with Gasteiger partial charge in [-0.2, -0.15) is 0 Å². The molecular weight excluding hydrogens is 632 g/mol. The van der Waals surface area contributed by atoms with Crippen LogP contribution in [0, 0.1) is 11.2 Å². The molecule has 4 N–H and O–H groups in total. The number of piperidine rings is 1. The third kappa shape index (κ3) is 8.98.